The van der Waals surface area contributed by atoms with Gasteiger partial charge in [-0.1, -0.05) is 0 Å². The van der Waals surface area contributed by atoms with E-state index in [2.05, 4.69) is 11.2 Å². The van der Waals surface area contributed by atoms with Gasteiger partial charge in [0.05, 0.1) is 24.7 Å². The number of aliphatic hydroxyl groups is 1. The normalized spacial score (nSPS) is 13.2. The maximum absolute atomic E-state index is 8.89. The first-order valence-corrected chi connectivity index (χ1v) is 5.54. The van der Waals surface area contributed by atoms with Crippen LogP contribution in [0.1, 0.15) is 11.7 Å². The van der Waals surface area contributed by atoms with Gasteiger partial charge in [-0.15, -0.1) is 0 Å². The van der Waals surface area contributed by atoms with Crippen molar-refractivity contribution in [2.75, 3.05) is 18.6 Å². The first-order valence-electron chi connectivity index (χ1n) is 4.15. The van der Waals surface area contributed by atoms with Crippen molar-refractivity contribution >= 4 is 11.8 Å². The Morgan fingerprint density at radius 3 is 3.15 bits per heavy atom. The number of thioether (sulfide) groups is 1. The van der Waals surface area contributed by atoms with Crippen molar-refractivity contribution in [2.24, 2.45) is 5.73 Å². The molecule has 0 aromatic carbocycles. The number of nitrogens with zero attached hydrogens (tertiary/aromatic N) is 2. The molecular weight excluding hydrogens is 186 g/mol. The van der Waals surface area contributed by atoms with Gasteiger partial charge < -0.3 is 15.4 Å². The van der Waals surface area contributed by atoms with Crippen molar-refractivity contribution in [3.63, 3.8) is 0 Å². The van der Waals surface area contributed by atoms with Gasteiger partial charge in [0.15, 0.2) is 0 Å². The third-order valence-electron chi connectivity index (χ3n) is 1.86. The van der Waals surface area contributed by atoms with Crippen LogP contribution in [0.5, 0.6) is 0 Å². The molecule has 3 N–H and O–H groups in total. The molecule has 4 nitrogen and oxygen atoms in total. The molecule has 0 saturated carbocycles. The van der Waals surface area contributed by atoms with Crippen LogP contribution in [0.3, 0.4) is 0 Å². The molecular formula is C8H15N3OS. The Bertz CT molecular complexity index is 251. The summed E-state index contributed by atoms with van der Waals surface area (Å²) in [6.45, 7) is 0.856. The number of rotatable bonds is 5. The first-order chi connectivity index (χ1) is 6.29. The lowest BCUT2D eigenvalue weighted by atomic mass is 10.2. The highest BCUT2D eigenvalue weighted by Crippen LogP contribution is 2.09. The lowest BCUT2D eigenvalue weighted by Crippen LogP contribution is -2.19. The molecule has 1 unspecified atom stereocenters. The predicted octanol–water partition coefficient (Wildman–Crippen LogP) is 0.238. The topological polar surface area (TPSA) is 64.1 Å². The number of aromatic nitrogens is 2. The van der Waals surface area contributed by atoms with Crippen LogP contribution in [0.15, 0.2) is 12.5 Å². The Morgan fingerprint density at radius 2 is 2.54 bits per heavy atom. The SMILES string of the molecule is CSCCn1cncc1C(N)CO. The molecule has 0 amide bonds. The Balaban J connectivity index is 2.65. The summed E-state index contributed by atoms with van der Waals surface area (Å²) in [7, 11) is 0. The van der Waals surface area contributed by atoms with E-state index in [1.807, 2.05) is 4.57 Å². The van der Waals surface area contributed by atoms with Gasteiger partial charge in [0.2, 0.25) is 0 Å². The number of hydrogen-bond acceptors (Lipinski definition) is 4. The van der Waals surface area contributed by atoms with E-state index in [-0.39, 0.29) is 12.6 Å². The van der Waals surface area contributed by atoms with Gasteiger partial charge in [0.1, 0.15) is 0 Å². The smallest absolute Gasteiger partial charge is 0.0948 e. The number of imidazole rings is 1. The van der Waals surface area contributed by atoms with Crippen LogP contribution in [0, 0.1) is 0 Å². The van der Waals surface area contributed by atoms with E-state index in [1.54, 1.807) is 24.3 Å². The zero-order valence-electron chi connectivity index (χ0n) is 7.68. The third-order valence-corrected chi connectivity index (χ3v) is 2.45. The summed E-state index contributed by atoms with van der Waals surface area (Å²) < 4.78 is 1.98. The lowest BCUT2D eigenvalue weighted by Gasteiger charge is -2.11. The van der Waals surface area contributed by atoms with Gasteiger partial charge in [-0.05, 0) is 6.26 Å². The Kier molecular flexibility index (Phi) is 4.27. The molecule has 0 fully saturated rings. The summed E-state index contributed by atoms with van der Waals surface area (Å²) >= 11 is 1.78. The fourth-order valence-electron chi connectivity index (χ4n) is 1.11. The van der Waals surface area contributed by atoms with Crippen molar-refractivity contribution < 1.29 is 5.11 Å². The molecule has 1 heterocycles. The zero-order chi connectivity index (χ0) is 9.68. The molecule has 0 aliphatic heterocycles. The van der Waals surface area contributed by atoms with E-state index in [0.717, 1.165) is 18.0 Å². The first kappa shape index (κ1) is 10.6. The molecule has 0 aliphatic rings. The van der Waals surface area contributed by atoms with Crippen molar-refractivity contribution in [1.29, 1.82) is 0 Å². The van der Waals surface area contributed by atoms with Crippen LogP contribution in [-0.2, 0) is 6.54 Å². The molecule has 0 radical (unpaired) electrons. The summed E-state index contributed by atoms with van der Waals surface area (Å²) in [6.07, 6.45) is 5.52. The lowest BCUT2D eigenvalue weighted by molar-refractivity contribution is 0.263. The van der Waals surface area contributed by atoms with E-state index >= 15 is 0 Å². The average Bonchev–Trinajstić information content (AvgIpc) is 2.61. The molecule has 5 heteroatoms. The van der Waals surface area contributed by atoms with Crippen LogP contribution < -0.4 is 5.73 Å². The van der Waals surface area contributed by atoms with Crippen molar-refractivity contribution in [3.05, 3.63) is 18.2 Å². The van der Waals surface area contributed by atoms with Crippen LogP contribution in [-0.4, -0.2) is 33.3 Å². The Morgan fingerprint density at radius 1 is 1.77 bits per heavy atom. The van der Waals surface area contributed by atoms with Crippen LogP contribution in [0.25, 0.3) is 0 Å². The van der Waals surface area contributed by atoms with E-state index in [4.69, 9.17) is 10.8 Å². The van der Waals surface area contributed by atoms with E-state index in [9.17, 15) is 0 Å². The second kappa shape index (κ2) is 5.26. The monoisotopic (exact) mass is 201 g/mol. The average molecular weight is 201 g/mol. The summed E-state index contributed by atoms with van der Waals surface area (Å²) in [5, 5.41) is 8.89. The molecule has 1 rings (SSSR count). The summed E-state index contributed by atoms with van der Waals surface area (Å²) in [5.74, 6) is 1.03. The highest BCUT2D eigenvalue weighted by molar-refractivity contribution is 7.98. The van der Waals surface area contributed by atoms with Crippen LogP contribution >= 0.6 is 11.8 Å². The molecule has 0 spiro atoms. The number of aryl methyl sites for hydroxylation is 1. The summed E-state index contributed by atoms with van der Waals surface area (Å²) in [4.78, 5) is 4.01. The third kappa shape index (κ3) is 2.72. The molecule has 0 aliphatic carbocycles. The quantitative estimate of drug-likeness (QED) is 0.716. The molecule has 1 aromatic heterocycles. The minimum Gasteiger partial charge on any atom is -0.394 e. The van der Waals surface area contributed by atoms with Gasteiger partial charge in [-0.2, -0.15) is 11.8 Å². The van der Waals surface area contributed by atoms with Gasteiger partial charge in [0, 0.05) is 18.5 Å². The highest BCUT2D eigenvalue weighted by atomic mass is 32.2. The minimum atomic E-state index is -0.315. The van der Waals surface area contributed by atoms with Gasteiger partial charge in [-0.25, -0.2) is 4.98 Å². The van der Waals surface area contributed by atoms with E-state index < -0.39 is 0 Å². The fraction of sp³-hybridized carbons (Fsp3) is 0.625. The molecule has 1 atom stereocenters. The van der Waals surface area contributed by atoms with E-state index in [1.165, 1.54) is 0 Å². The second-order valence-electron chi connectivity index (χ2n) is 2.79. The number of hydrogen-bond donors (Lipinski definition) is 2. The second-order valence-corrected chi connectivity index (χ2v) is 3.78. The van der Waals surface area contributed by atoms with Crippen molar-refractivity contribution in [1.82, 2.24) is 9.55 Å². The van der Waals surface area contributed by atoms with Gasteiger partial charge in [0.25, 0.3) is 0 Å². The van der Waals surface area contributed by atoms with Gasteiger partial charge >= 0.3 is 0 Å². The van der Waals surface area contributed by atoms with E-state index in [0.29, 0.717) is 0 Å². The maximum Gasteiger partial charge on any atom is 0.0948 e. The molecule has 0 saturated heterocycles. The number of aliphatic hydroxyl groups excluding tert-OH is 1. The highest BCUT2D eigenvalue weighted by Gasteiger charge is 2.09. The van der Waals surface area contributed by atoms with Crippen LogP contribution in [0.4, 0.5) is 0 Å². The largest absolute Gasteiger partial charge is 0.394 e. The molecule has 0 bridgehead atoms. The van der Waals surface area contributed by atoms with Crippen molar-refractivity contribution in [3.8, 4) is 0 Å². The standard InChI is InChI=1S/C8H15N3OS/c1-13-3-2-11-6-10-4-8(11)7(9)5-12/h4,6-7,12H,2-3,5,9H2,1H3. The predicted molar refractivity (Wildman–Crippen MR) is 54.6 cm³/mol. The molecule has 74 valence electrons. The molecule has 1 aromatic rings. The maximum atomic E-state index is 8.89. The summed E-state index contributed by atoms with van der Waals surface area (Å²) in [5.41, 5.74) is 6.59. The van der Waals surface area contributed by atoms with Gasteiger partial charge in [-0.3, -0.25) is 0 Å². The minimum absolute atomic E-state index is 0.0367. The van der Waals surface area contributed by atoms with Crippen molar-refractivity contribution in [2.45, 2.75) is 12.6 Å². The van der Waals surface area contributed by atoms with Crippen LogP contribution in [0.2, 0.25) is 0 Å². The fourth-order valence-corrected chi connectivity index (χ4v) is 1.49. The Hall–Kier alpha value is -0.520. The Labute approximate surface area is 82.2 Å². The molecule has 13 heavy (non-hydrogen) atoms. The number of nitrogens with two attached hydrogens (primary N) is 1. The summed E-state index contributed by atoms with van der Waals surface area (Å²) in [6, 6.07) is -0.315. The zero-order valence-corrected chi connectivity index (χ0v) is 8.50.